The molecule has 2 aromatic carbocycles. The van der Waals surface area contributed by atoms with Gasteiger partial charge in [-0.05, 0) is 47.9 Å². The van der Waals surface area contributed by atoms with Gasteiger partial charge in [0.25, 0.3) is 0 Å². The standard InChI is InChI=1S/C21H15ClF5N/c22-16-6-7-19(28-12-16)18(8-13-4-2-1-3-5-13)14-9-15(11-17(23)10-14)21(26,27)20(24)25/h1-7,9-12,18,20H,8H2/t18-/m0/s1. The second kappa shape index (κ2) is 8.27. The van der Waals surface area contributed by atoms with Crippen LogP contribution in [0.15, 0.2) is 66.9 Å². The number of hydrogen-bond donors (Lipinski definition) is 0. The third-order valence-corrected chi connectivity index (χ3v) is 4.59. The van der Waals surface area contributed by atoms with E-state index < -0.39 is 29.6 Å². The van der Waals surface area contributed by atoms with Crippen LogP contribution in [0, 0.1) is 5.82 Å². The minimum Gasteiger partial charge on any atom is -0.259 e. The van der Waals surface area contributed by atoms with Crippen LogP contribution >= 0.6 is 11.6 Å². The molecule has 0 fully saturated rings. The Hall–Kier alpha value is -2.47. The van der Waals surface area contributed by atoms with Crippen molar-refractivity contribution in [3.8, 4) is 0 Å². The van der Waals surface area contributed by atoms with Crippen molar-refractivity contribution >= 4 is 11.6 Å². The lowest BCUT2D eigenvalue weighted by Gasteiger charge is -2.21. The Labute approximate surface area is 163 Å². The number of nitrogens with zero attached hydrogens (tertiary/aromatic N) is 1. The van der Waals surface area contributed by atoms with Gasteiger partial charge in [-0.15, -0.1) is 0 Å². The topological polar surface area (TPSA) is 12.9 Å². The fraction of sp³-hybridized carbons (Fsp3) is 0.190. The number of alkyl halides is 4. The van der Waals surface area contributed by atoms with Crippen molar-refractivity contribution in [1.29, 1.82) is 0 Å². The molecule has 1 aromatic heterocycles. The molecule has 1 atom stereocenters. The third-order valence-electron chi connectivity index (χ3n) is 4.37. The molecule has 0 bridgehead atoms. The lowest BCUT2D eigenvalue weighted by Crippen LogP contribution is -2.24. The Kier molecular flexibility index (Phi) is 5.98. The second-order valence-electron chi connectivity index (χ2n) is 6.34. The van der Waals surface area contributed by atoms with Crippen molar-refractivity contribution in [1.82, 2.24) is 4.98 Å². The zero-order valence-electron chi connectivity index (χ0n) is 14.4. The highest BCUT2D eigenvalue weighted by atomic mass is 35.5. The van der Waals surface area contributed by atoms with E-state index in [0.29, 0.717) is 23.2 Å². The lowest BCUT2D eigenvalue weighted by molar-refractivity contribution is -0.135. The van der Waals surface area contributed by atoms with Gasteiger partial charge >= 0.3 is 12.3 Å². The van der Waals surface area contributed by atoms with Crippen molar-refractivity contribution in [3.05, 3.63) is 100 Å². The summed E-state index contributed by atoms with van der Waals surface area (Å²) in [6.07, 6.45) is -2.23. The van der Waals surface area contributed by atoms with Gasteiger partial charge in [0.15, 0.2) is 0 Å². The smallest absolute Gasteiger partial charge is 0.259 e. The van der Waals surface area contributed by atoms with E-state index in [4.69, 9.17) is 11.6 Å². The van der Waals surface area contributed by atoms with Crippen LogP contribution in [0.4, 0.5) is 22.0 Å². The molecule has 1 heterocycles. The van der Waals surface area contributed by atoms with Crippen molar-refractivity contribution in [2.45, 2.75) is 24.7 Å². The molecule has 28 heavy (non-hydrogen) atoms. The predicted molar refractivity (Wildman–Crippen MR) is 97.5 cm³/mol. The summed E-state index contributed by atoms with van der Waals surface area (Å²) in [6, 6.07) is 14.7. The Morgan fingerprint density at radius 2 is 1.68 bits per heavy atom. The van der Waals surface area contributed by atoms with Crippen LogP contribution in [-0.4, -0.2) is 11.4 Å². The molecule has 0 aliphatic rings. The first-order valence-corrected chi connectivity index (χ1v) is 8.77. The first kappa shape index (κ1) is 20.3. The molecule has 0 saturated heterocycles. The van der Waals surface area contributed by atoms with Gasteiger partial charge in [-0.25, -0.2) is 13.2 Å². The summed E-state index contributed by atoms with van der Waals surface area (Å²) in [7, 11) is 0. The summed E-state index contributed by atoms with van der Waals surface area (Å²) in [5.74, 6) is -6.09. The summed E-state index contributed by atoms with van der Waals surface area (Å²) < 4.78 is 67.3. The molecule has 0 N–H and O–H groups in total. The molecule has 0 saturated carbocycles. The van der Waals surface area contributed by atoms with Crippen molar-refractivity contribution in [3.63, 3.8) is 0 Å². The van der Waals surface area contributed by atoms with E-state index in [1.54, 1.807) is 12.1 Å². The fourth-order valence-corrected chi connectivity index (χ4v) is 3.08. The molecule has 3 aromatic rings. The molecule has 7 heteroatoms. The Balaban J connectivity index is 2.09. The molecule has 0 unspecified atom stereocenters. The van der Waals surface area contributed by atoms with E-state index >= 15 is 0 Å². The van der Waals surface area contributed by atoms with Gasteiger partial charge in [0.05, 0.1) is 5.02 Å². The van der Waals surface area contributed by atoms with Gasteiger partial charge < -0.3 is 0 Å². The second-order valence-corrected chi connectivity index (χ2v) is 6.78. The van der Waals surface area contributed by atoms with Gasteiger partial charge in [-0.3, -0.25) is 4.98 Å². The molecule has 0 aliphatic carbocycles. The largest absolute Gasteiger partial charge is 0.332 e. The quantitative estimate of drug-likeness (QED) is 0.416. The minimum atomic E-state index is -4.46. The number of aromatic nitrogens is 1. The third kappa shape index (κ3) is 4.50. The van der Waals surface area contributed by atoms with E-state index in [-0.39, 0.29) is 5.56 Å². The van der Waals surface area contributed by atoms with E-state index in [0.717, 1.165) is 17.7 Å². The number of rotatable bonds is 6. The molecule has 146 valence electrons. The van der Waals surface area contributed by atoms with Crippen LogP contribution in [0.25, 0.3) is 0 Å². The van der Waals surface area contributed by atoms with Crippen LogP contribution < -0.4 is 0 Å². The highest BCUT2D eigenvalue weighted by molar-refractivity contribution is 6.30. The van der Waals surface area contributed by atoms with Crippen molar-refractivity contribution in [2.24, 2.45) is 0 Å². The Bertz CT molecular complexity index is 929. The number of hydrogen-bond acceptors (Lipinski definition) is 1. The van der Waals surface area contributed by atoms with E-state index in [1.165, 1.54) is 6.20 Å². The average molecular weight is 412 g/mol. The molecule has 1 nitrogen and oxygen atoms in total. The Morgan fingerprint density at radius 3 is 2.29 bits per heavy atom. The van der Waals surface area contributed by atoms with Crippen LogP contribution in [0.3, 0.4) is 0 Å². The van der Waals surface area contributed by atoms with E-state index in [2.05, 4.69) is 4.98 Å². The highest BCUT2D eigenvalue weighted by Crippen LogP contribution is 2.38. The number of pyridine rings is 1. The molecule has 0 amide bonds. The SMILES string of the molecule is Fc1cc([C@H](Cc2ccccc2)c2ccc(Cl)cn2)cc(C(F)(F)C(F)F)c1. The first-order chi connectivity index (χ1) is 13.3. The lowest BCUT2D eigenvalue weighted by atomic mass is 9.87. The van der Waals surface area contributed by atoms with Crippen LogP contribution in [-0.2, 0) is 12.3 Å². The monoisotopic (exact) mass is 411 g/mol. The number of benzene rings is 2. The van der Waals surface area contributed by atoms with Gasteiger partial charge in [0.1, 0.15) is 5.82 Å². The van der Waals surface area contributed by atoms with Crippen molar-refractivity contribution in [2.75, 3.05) is 0 Å². The normalized spacial score (nSPS) is 13.0. The number of halogens is 6. The highest BCUT2D eigenvalue weighted by Gasteiger charge is 2.43. The van der Waals surface area contributed by atoms with E-state index in [9.17, 15) is 22.0 Å². The summed E-state index contributed by atoms with van der Waals surface area (Å²) in [5.41, 5.74) is 0.388. The van der Waals surface area contributed by atoms with Gasteiger partial charge in [-0.1, -0.05) is 41.9 Å². The average Bonchev–Trinajstić information content (AvgIpc) is 2.67. The zero-order valence-corrected chi connectivity index (χ0v) is 15.2. The molecule has 0 aliphatic heterocycles. The summed E-state index contributed by atoms with van der Waals surface area (Å²) in [4.78, 5) is 4.22. The molecule has 0 spiro atoms. The zero-order chi connectivity index (χ0) is 20.3. The van der Waals surface area contributed by atoms with Crippen molar-refractivity contribution < 1.29 is 22.0 Å². The summed E-state index contributed by atoms with van der Waals surface area (Å²) in [5, 5.41) is 0.381. The van der Waals surface area contributed by atoms with Gasteiger partial charge in [0.2, 0.25) is 0 Å². The molecule has 0 radical (unpaired) electrons. The fourth-order valence-electron chi connectivity index (χ4n) is 2.97. The van der Waals surface area contributed by atoms with Crippen LogP contribution in [0.1, 0.15) is 28.3 Å². The van der Waals surface area contributed by atoms with E-state index in [1.807, 2.05) is 30.3 Å². The summed E-state index contributed by atoms with van der Waals surface area (Å²) in [6.45, 7) is 0. The molecule has 3 rings (SSSR count). The maximum absolute atomic E-state index is 14.1. The van der Waals surface area contributed by atoms with Gasteiger partial charge in [0, 0.05) is 23.4 Å². The minimum absolute atomic E-state index is 0.133. The summed E-state index contributed by atoms with van der Waals surface area (Å²) >= 11 is 5.86. The Morgan fingerprint density at radius 1 is 0.964 bits per heavy atom. The predicted octanol–water partition coefficient (Wildman–Crippen LogP) is 6.61. The maximum atomic E-state index is 14.1. The van der Waals surface area contributed by atoms with Crippen LogP contribution in [0.5, 0.6) is 0 Å². The van der Waals surface area contributed by atoms with Crippen LogP contribution in [0.2, 0.25) is 5.02 Å². The molecular formula is C21H15ClF5N. The van der Waals surface area contributed by atoms with Gasteiger partial charge in [-0.2, -0.15) is 8.78 Å². The first-order valence-electron chi connectivity index (χ1n) is 8.39. The maximum Gasteiger partial charge on any atom is 0.332 e. The molecular weight excluding hydrogens is 397 g/mol.